The molecule has 2 unspecified atom stereocenters. The van der Waals surface area contributed by atoms with Crippen LogP contribution in [0.1, 0.15) is 11.1 Å². The summed E-state index contributed by atoms with van der Waals surface area (Å²) in [6.07, 6.45) is -13.3. The van der Waals surface area contributed by atoms with Crippen LogP contribution in [-0.2, 0) is 10.9 Å². The Morgan fingerprint density at radius 1 is 1.10 bits per heavy atom. The fraction of sp³-hybridized carbons (Fsp3) is 0.316. The van der Waals surface area contributed by atoms with Gasteiger partial charge in [-0.2, -0.15) is 31.6 Å². The molecule has 1 aliphatic rings. The number of hydrogen-bond acceptors (Lipinski definition) is 4. The SMILES string of the molecule is N#Cc1ccc(N2CC(COc3ccc(Cl)cc3)OC2C(F)(F)F)cc1C(F)(F)F. The third-order valence-corrected chi connectivity index (χ3v) is 4.55. The van der Waals surface area contributed by atoms with Gasteiger partial charge in [-0.1, -0.05) is 11.6 Å². The second-order valence-corrected chi connectivity index (χ2v) is 6.85. The van der Waals surface area contributed by atoms with E-state index in [9.17, 15) is 26.3 Å². The van der Waals surface area contributed by atoms with Crippen LogP contribution >= 0.6 is 11.6 Å². The number of halogens is 7. The molecule has 0 bridgehead atoms. The van der Waals surface area contributed by atoms with Gasteiger partial charge in [-0.3, -0.25) is 0 Å². The normalized spacial score (nSPS) is 19.6. The topological polar surface area (TPSA) is 45.5 Å². The van der Waals surface area contributed by atoms with Gasteiger partial charge in [0, 0.05) is 10.7 Å². The molecular formula is C19H13ClF6N2O2. The highest BCUT2D eigenvalue weighted by atomic mass is 35.5. The van der Waals surface area contributed by atoms with Gasteiger partial charge in [0.25, 0.3) is 0 Å². The predicted molar refractivity (Wildman–Crippen MR) is 95.2 cm³/mol. The van der Waals surface area contributed by atoms with Crippen molar-refractivity contribution in [2.45, 2.75) is 24.7 Å². The van der Waals surface area contributed by atoms with Crippen molar-refractivity contribution < 1.29 is 35.8 Å². The van der Waals surface area contributed by atoms with E-state index >= 15 is 0 Å². The third-order valence-electron chi connectivity index (χ3n) is 4.29. The van der Waals surface area contributed by atoms with E-state index in [1.54, 1.807) is 0 Å². The summed E-state index contributed by atoms with van der Waals surface area (Å²) in [6.45, 7) is -0.617. The van der Waals surface area contributed by atoms with Crippen molar-refractivity contribution in [3.63, 3.8) is 0 Å². The van der Waals surface area contributed by atoms with Crippen LogP contribution in [0, 0.1) is 11.3 Å². The van der Waals surface area contributed by atoms with Crippen molar-refractivity contribution in [3.8, 4) is 11.8 Å². The van der Waals surface area contributed by atoms with Gasteiger partial charge in [0.2, 0.25) is 6.23 Å². The van der Waals surface area contributed by atoms with Crippen LogP contribution in [0.4, 0.5) is 32.0 Å². The van der Waals surface area contributed by atoms with Crippen LogP contribution in [0.3, 0.4) is 0 Å². The highest BCUT2D eigenvalue weighted by Crippen LogP contribution is 2.39. The molecule has 1 saturated heterocycles. The lowest BCUT2D eigenvalue weighted by Crippen LogP contribution is -2.42. The summed E-state index contributed by atoms with van der Waals surface area (Å²) < 4.78 is 90.4. The second kappa shape index (κ2) is 8.24. The van der Waals surface area contributed by atoms with Crippen LogP contribution in [0.5, 0.6) is 5.75 Å². The van der Waals surface area contributed by atoms with Crippen LogP contribution in [0.25, 0.3) is 0 Å². The average Bonchev–Trinajstić information content (AvgIpc) is 3.11. The van der Waals surface area contributed by atoms with Gasteiger partial charge in [0.15, 0.2) is 0 Å². The quantitative estimate of drug-likeness (QED) is 0.585. The highest BCUT2D eigenvalue weighted by molar-refractivity contribution is 6.30. The maximum absolute atomic E-state index is 13.5. The Morgan fingerprint density at radius 3 is 2.33 bits per heavy atom. The van der Waals surface area contributed by atoms with E-state index in [0.717, 1.165) is 12.1 Å². The third kappa shape index (κ3) is 4.91. The first-order valence-electron chi connectivity index (χ1n) is 8.47. The molecule has 30 heavy (non-hydrogen) atoms. The highest BCUT2D eigenvalue weighted by Gasteiger charge is 2.51. The lowest BCUT2D eigenvalue weighted by Gasteiger charge is -2.27. The number of alkyl halides is 6. The minimum absolute atomic E-state index is 0.257. The Morgan fingerprint density at radius 2 is 1.77 bits per heavy atom. The Labute approximate surface area is 172 Å². The summed E-state index contributed by atoms with van der Waals surface area (Å²) in [7, 11) is 0. The Kier molecular flexibility index (Phi) is 6.06. The summed E-state index contributed by atoms with van der Waals surface area (Å²) in [4.78, 5) is 0.673. The van der Waals surface area contributed by atoms with Crippen molar-refractivity contribution in [1.82, 2.24) is 0 Å². The first kappa shape index (κ1) is 22.1. The number of nitrogens with zero attached hydrogens (tertiary/aromatic N) is 2. The maximum atomic E-state index is 13.5. The summed E-state index contributed by atoms with van der Waals surface area (Å²) in [5.41, 5.74) is -2.36. The zero-order chi connectivity index (χ0) is 22.1. The number of ether oxygens (including phenoxy) is 2. The van der Waals surface area contributed by atoms with E-state index in [1.807, 2.05) is 0 Å². The maximum Gasteiger partial charge on any atom is 0.433 e. The molecule has 3 rings (SSSR count). The van der Waals surface area contributed by atoms with E-state index in [1.165, 1.54) is 30.3 Å². The molecule has 2 aromatic rings. The monoisotopic (exact) mass is 450 g/mol. The van der Waals surface area contributed by atoms with Crippen molar-refractivity contribution in [2.24, 2.45) is 0 Å². The van der Waals surface area contributed by atoms with Crippen LogP contribution in [0.15, 0.2) is 42.5 Å². The van der Waals surface area contributed by atoms with Gasteiger partial charge < -0.3 is 14.4 Å². The van der Waals surface area contributed by atoms with E-state index in [-0.39, 0.29) is 18.8 Å². The molecule has 1 fully saturated rings. The molecule has 0 N–H and O–H groups in total. The van der Waals surface area contributed by atoms with Crippen LogP contribution in [-0.4, -0.2) is 31.7 Å². The molecule has 160 valence electrons. The molecule has 0 radical (unpaired) electrons. The standard InChI is InChI=1S/C19H13ClF6N2O2/c20-12-2-5-14(6-3-12)29-10-15-9-28(17(30-15)19(24,25)26)13-4-1-11(8-27)16(7-13)18(21,22)23/h1-7,15,17H,9-10H2. The number of benzene rings is 2. The van der Waals surface area contributed by atoms with Gasteiger partial charge in [-0.05, 0) is 42.5 Å². The Hall–Kier alpha value is -2.64. The van der Waals surface area contributed by atoms with E-state index in [4.69, 9.17) is 26.3 Å². The molecule has 4 nitrogen and oxygen atoms in total. The average molecular weight is 451 g/mol. The lowest BCUT2D eigenvalue weighted by atomic mass is 10.1. The molecule has 0 saturated carbocycles. The molecule has 0 amide bonds. The summed E-state index contributed by atoms with van der Waals surface area (Å²) in [6, 6.07) is 9.88. The largest absolute Gasteiger partial charge is 0.491 e. The van der Waals surface area contributed by atoms with Crippen molar-refractivity contribution in [2.75, 3.05) is 18.1 Å². The molecule has 2 atom stereocenters. The minimum Gasteiger partial charge on any atom is -0.491 e. The zero-order valence-electron chi connectivity index (χ0n) is 15.0. The van der Waals surface area contributed by atoms with Crippen LogP contribution in [0.2, 0.25) is 5.02 Å². The fourth-order valence-electron chi connectivity index (χ4n) is 2.96. The lowest BCUT2D eigenvalue weighted by molar-refractivity contribution is -0.215. The first-order valence-corrected chi connectivity index (χ1v) is 8.85. The van der Waals surface area contributed by atoms with E-state index in [2.05, 4.69) is 0 Å². The molecule has 0 spiro atoms. The first-order chi connectivity index (χ1) is 14.0. The van der Waals surface area contributed by atoms with E-state index in [0.29, 0.717) is 21.7 Å². The predicted octanol–water partition coefficient (Wildman–Crippen LogP) is 5.40. The Bertz CT molecular complexity index is 940. The minimum atomic E-state index is -4.90. The summed E-state index contributed by atoms with van der Waals surface area (Å²) in [5.74, 6) is 0.350. The molecule has 2 aromatic carbocycles. The van der Waals surface area contributed by atoms with Gasteiger partial charge in [-0.15, -0.1) is 0 Å². The second-order valence-electron chi connectivity index (χ2n) is 6.41. The number of nitriles is 1. The molecule has 0 aliphatic carbocycles. The number of hydrogen-bond donors (Lipinski definition) is 0. The van der Waals surface area contributed by atoms with Gasteiger partial charge in [0.05, 0.1) is 23.7 Å². The van der Waals surface area contributed by atoms with E-state index < -0.39 is 35.8 Å². The summed E-state index contributed by atoms with van der Waals surface area (Å²) in [5, 5.41) is 9.31. The van der Waals surface area contributed by atoms with Gasteiger partial charge in [0.1, 0.15) is 18.5 Å². The molecule has 1 aliphatic heterocycles. The van der Waals surface area contributed by atoms with Gasteiger partial charge in [-0.25, -0.2) is 0 Å². The molecule has 11 heteroatoms. The smallest absolute Gasteiger partial charge is 0.433 e. The molecule has 0 aromatic heterocycles. The number of anilines is 1. The van der Waals surface area contributed by atoms with Gasteiger partial charge >= 0.3 is 12.4 Å². The zero-order valence-corrected chi connectivity index (χ0v) is 15.7. The Balaban J connectivity index is 1.84. The fourth-order valence-corrected chi connectivity index (χ4v) is 3.09. The van der Waals surface area contributed by atoms with Crippen molar-refractivity contribution in [3.05, 3.63) is 58.6 Å². The molecule has 1 heterocycles. The van der Waals surface area contributed by atoms with Crippen LogP contribution < -0.4 is 9.64 Å². The molecular weight excluding hydrogens is 438 g/mol. The van der Waals surface area contributed by atoms with Crippen molar-refractivity contribution >= 4 is 17.3 Å². The van der Waals surface area contributed by atoms with Crippen molar-refractivity contribution in [1.29, 1.82) is 5.26 Å². The number of rotatable bonds is 4. The summed E-state index contributed by atoms with van der Waals surface area (Å²) >= 11 is 5.75.